The van der Waals surface area contributed by atoms with Crippen molar-refractivity contribution in [3.63, 3.8) is 0 Å². The van der Waals surface area contributed by atoms with Crippen LogP contribution >= 0.6 is 15.9 Å². The molecule has 0 amide bonds. The van der Waals surface area contributed by atoms with Crippen molar-refractivity contribution in [2.24, 2.45) is 7.05 Å². The van der Waals surface area contributed by atoms with Crippen LogP contribution in [0.2, 0.25) is 0 Å². The topological polar surface area (TPSA) is 43.8 Å². The molecule has 2 rings (SSSR count). The molecular formula is C12H14BrN3. The zero-order valence-electron chi connectivity index (χ0n) is 9.58. The average Bonchev–Trinajstić information content (AvgIpc) is 2.56. The molecule has 0 aliphatic carbocycles. The van der Waals surface area contributed by atoms with Crippen molar-refractivity contribution < 1.29 is 0 Å². The van der Waals surface area contributed by atoms with Gasteiger partial charge in [-0.05, 0) is 36.6 Å². The molecule has 0 saturated carbocycles. The number of nitrogen functional groups attached to an aromatic ring is 1. The number of anilines is 1. The Hall–Kier alpha value is -1.29. The third kappa shape index (κ3) is 1.63. The predicted molar refractivity (Wildman–Crippen MR) is 70.2 cm³/mol. The fraction of sp³-hybridized carbons (Fsp3) is 0.250. The molecule has 0 fully saturated rings. The maximum atomic E-state index is 6.01. The Morgan fingerprint density at radius 2 is 2.00 bits per heavy atom. The highest BCUT2D eigenvalue weighted by atomic mass is 79.9. The summed E-state index contributed by atoms with van der Waals surface area (Å²) in [6.45, 7) is 4.17. The van der Waals surface area contributed by atoms with Crippen LogP contribution in [-0.2, 0) is 7.05 Å². The van der Waals surface area contributed by atoms with Gasteiger partial charge in [0, 0.05) is 17.1 Å². The lowest BCUT2D eigenvalue weighted by molar-refractivity contribution is 0.779. The van der Waals surface area contributed by atoms with Crippen LogP contribution in [0.25, 0.3) is 11.1 Å². The van der Waals surface area contributed by atoms with E-state index in [4.69, 9.17) is 5.73 Å². The highest BCUT2D eigenvalue weighted by Gasteiger charge is 2.13. The van der Waals surface area contributed by atoms with Crippen LogP contribution in [0.4, 0.5) is 5.82 Å². The number of aryl methyl sites for hydroxylation is 2. The lowest BCUT2D eigenvalue weighted by Gasteiger charge is -2.10. The van der Waals surface area contributed by atoms with Gasteiger partial charge in [-0.2, -0.15) is 5.10 Å². The van der Waals surface area contributed by atoms with Crippen molar-refractivity contribution in [1.82, 2.24) is 9.78 Å². The van der Waals surface area contributed by atoms with Gasteiger partial charge in [0.2, 0.25) is 0 Å². The van der Waals surface area contributed by atoms with Gasteiger partial charge in [0.15, 0.2) is 0 Å². The van der Waals surface area contributed by atoms with E-state index in [0.29, 0.717) is 5.82 Å². The van der Waals surface area contributed by atoms with Gasteiger partial charge in [-0.3, -0.25) is 4.68 Å². The molecule has 4 heteroatoms. The van der Waals surface area contributed by atoms with Gasteiger partial charge in [-0.15, -0.1) is 0 Å². The molecule has 0 radical (unpaired) electrons. The third-order valence-electron chi connectivity index (χ3n) is 2.86. The molecule has 1 aromatic heterocycles. The zero-order chi connectivity index (χ0) is 11.9. The molecule has 0 aliphatic rings. The van der Waals surface area contributed by atoms with Gasteiger partial charge in [0.05, 0.1) is 6.20 Å². The minimum Gasteiger partial charge on any atom is -0.383 e. The number of nitrogens with two attached hydrogens (primary N) is 1. The van der Waals surface area contributed by atoms with Crippen LogP contribution < -0.4 is 5.73 Å². The number of nitrogens with zero attached hydrogens (tertiary/aromatic N) is 2. The van der Waals surface area contributed by atoms with E-state index >= 15 is 0 Å². The molecule has 3 nitrogen and oxygen atoms in total. The quantitative estimate of drug-likeness (QED) is 0.872. The van der Waals surface area contributed by atoms with E-state index in [9.17, 15) is 0 Å². The van der Waals surface area contributed by atoms with E-state index in [1.807, 2.05) is 13.2 Å². The van der Waals surface area contributed by atoms with Crippen molar-refractivity contribution >= 4 is 21.7 Å². The Morgan fingerprint density at radius 3 is 2.56 bits per heavy atom. The Morgan fingerprint density at radius 1 is 1.31 bits per heavy atom. The van der Waals surface area contributed by atoms with E-state index in [0.717, 1.165) is 10.0 Å². The first-order chi connectivity index (χ1) is 7.52. The highest BCUT2D eigenvalue weighted by molar-refractivity contribution is 9.10. The minimum absolute atomic E-state index is 0.698. The number of benzene rings is 1. The standard InChI is InChI=1S/C12H14BrN3/c1-7-4-5-10(13)8(2)11(7)9-6-15-16(3)12(9)14/h4-6H,14H2,1-3H3. The Kier molecular flexibility index (Phi) is 2.76. The number of aromatic nitrogens is 2. The highest BCUT2D eigenvalue weighted by Crippen LogP contribution is 2.34. The Balaban J connectivity index is 2.73. The third-order valence-corrected chi connectivity index (χ3v) is 3.72. The number of rotatable bonds is 1. The van der Waals surface area contributed by atoms with Crippen molar-refractivity contribution in [3.8, 4) is 11.1 Å². The summed E-state index contributed by atoms with van der Waals surface area (Å²) in [5.74, 6) is 0.698. The second kappa shape index (κ2) is 3.94. The van der Waals surface area contributed by atoms with Gasteiger partial charge >= 0.3 is 0 Å². The van der Waals surface area contributed by atoms with Crippen LogP contribution in [-0.4, -0.2) is 9.78 Å². The normalized spacial score (nSPS) is 10.8. The van der Waals surface area contributed by atoms with Crippen LogP contribution in [0.15, 0.2) is 22.8 Å². The molecule has 0 unspecified atom stereocenters. The smallest absolute Gasteiger partial charge is 0.129 e. The number of halogens is 1. The Bertz CT molecular complexity index is 543. The van der Waals surface area contributed by atoms with E-state index in [-0.39, 0.29) is 0 Å². The molecule has 16 heavy (non-hydrogen) atoms. The van der Waals surface area contributed by atoms with Crippen LogP contribution in [0, 0.1) is 13.8 Å². The lowest BCUT2D eigenvalue weighted by Crippen LogP contribution is -1.99. The lowest BCUT2D eigenvalue weighted by atomic mass is 9.97. The zero-order valence-corrected chi connectivity index (χ0v) is 11.2. The molecule has 1 heterocycles. The summed E-state index contributed by atoms with van der Waals surface area (Å²) in [4.78, 5) is 0. The van der Waals surface area contributed by atoms with Gasteiger partial charge in [-0.1, -0.05) is 22.0 Å². The number of hydrogen-bond donors (Lipinski definition) is 1. The second-order valence-electron chi connectivity index (χ2n) is 3.93. The summed E-state index contributed by atoms with van der Waals surface area (Å²) in [5, 5.41) is 4.18. The first-order valence-electron chi connectivity index (χ1n) is 5.06. The van der Waals surface area contributed by atoms with E-state index in [1.54, 1.807) is 4.68 Å². The first-order valence-corrected chi connectivity index (χ1v) is 5.85. The van der Waals surface area contributed by atoms with Crippen molar-refractivity contribution in [1.29, 1.82) is 0 Å². The van der Waals surface area contributed by atoms with Crippen molar-refractivity contribution in [2.75, 3.05) is 5.73 Å². The van der Waals surface area contributed by atoms with Gasteiger partial charge in [-0.25, -0.2) is 0 Å². The fourth-order valence-electron chi connectivity index (χ4n) is 1.88. The van der Waals surface area contributed by atoms with Gasteiger partial charge in [0.25, 0.3) is 0 Å². The summed E-state index contributed by atoms with van der Waals surface area (Å²) >= 11 is 3.54. The van der Waals surface area contributed by atoms with Gasteiger partial charge < -0.3 is 5.73 Å². The molecule has 0 aliphatic heterocycles. The molecule has 0 atom stereocenters. The summed E-state index contributed by atoms with van der Waals surface area (Å²) in [6.07, 6.45) is 1.82. The molecule has 2 N–H and O–H groups in total. The molecule has 0 saturated heterocycles. The summed E-state index contributed by atoms with van der Waals surface area (Å²) < 4.78 is 2.78. The van der Waals surface area contributed by atoms with E-state index in [2.05, 4.69) is 47.0 Å². The van der Waals surface area contributed by atoms with Gasteiger partial charge in [0.1, 0.15) is 5.82 Å². The molecule has 84 valence electrons. The van der Waals surface area contributed by atoms with E-state index in [1.165, 1.54) is 16.7 Å². The molecule has 0 bridgehead atoms. The largest absolute Gasteiger partial charge is 0.383 e. The van der Waals surface area contributed by atoms with Crippen LogP contribution in [0.1, 0.15) is 11.1 Å². The average molecular weight is 280 g/mol. The fourth-order valence-corrected chi connectivity index (χ4v) is 2.21. The molecule has 0 spiro atoms. The van der Waals surface area contributed by atoms with Crippen molar-refractivity contribution in [2.45, 2.75) is 13.8 Å². The molecular weight excluding hydrogens is 266 g/mol. The minimum atomic E-state index is 0.698. The monoisotopic (exact) mass is 279 g/mol. The molecule has 2 aromatic rings. The number of hydrogen-bond acceptors (Lipinski definition) is 2. The van der Waals surface area contributed by atoms with Crippen LogP contribution in [0.5, 0.6) is 0 Å². The first kappa shape index (κ1) is 11.2. The maximum Gasteiger partial charge on any atom is 0.129 e. The summed E-state index contributed by atoms with van der Waals surface area (Å²) in [6, 6.07) is 4.14. The van der Waals surface area contributed by atoms with E-state index < -0.39 is 0 Å². The SMILES string of the molecule is Cc1ccc(Br)c(C)c1-c1cnn(C)c1N. The summed E-state index contributed by atoms with van der Waals surface area (Å²) in [7, 11) is 1.85. The van der Waals surface area contributed by atoms with Crippen LogP contribution in [0.3, 0.4) is 0 Å². The predicted octanol–water partition coefficient (Wildman–Crippen LogP) is 3.05. The summed E-state index contributed by atoms with van der Waals surface area (Å²) in [5.41, 5.74) is 10.6. The Labute approximate surface area is 103 Å². The second-order valence-corrected chi connectivity index (χ2v) is 4.79. The maximum absolute atomic E-state index is 6.01. The molecule has 1 aromatic carbocycles. The van der Waals surface area contributed by atoms with Crippen molar-refractivity contribution in [3.05, 3.63) is 33.9 Å².